The van der Waals surface area contributed by atoms with Crippen LogP contribution in [0.3, 0.4) is 0 Å². The standard InChI is InChI=1S/C22H24NO5P/c1-29(2,27)14-11-20(21(24)25)23(12-14)22(26)28-13-19-17-9-5-3-7-15(17)16-8-4-6-10-18(16)19/h3-10,14,19-20H,11-13H2,1-2H3,(H,24,25)/t14-,20-/m1/s1. The second-order valence-corrected chi connectivity index (χ2v) is 11.7. The van der Waals surface area contributed by atoms with E-state index in [0.29, 0.717) is 0 Å². The van der Waals surface area contributed by atoms with Crippen molar-refractivity contribution in [2.45, 2.75) is 24.0 Å². The molecule has 1 aliphatic carbocycles. The second kappa shape index (κ2) is 7.34. The maximum atomic E-state index is 12.8. The highest BCUT2D eigenvalue weighted by atomic mass is 31.2. The van der Waals surface area contributed by atoms with Crippen molar-refractivity contribution in [3.8, 4) is 11.1 Å². The molecule has 0 bridgehead atoms. The van der Waals surface area contributed by atoms with Crippen LogP contribution < -0.4 is 0 Å². The van der Waals surface area contributed by atoms with Crippen molar-refractivity contribution >= 4 is 19.2 Å². The summed E-state index contributed by atoms with van der Waals surface area (Å²) in [5, 5.41) is 9.52. The predicted octanol–water partition coefficient (Wildman–Crippen LogP) is 4.09. The van der Waals surface area contributed by atoms with Gasteiger partial charge in [0.05, 0.1) is 7.14 Å². The van der Waals surface area contributed by atoms with E-state index in [1.54, 1.807) is 13.3 Å². The third-order valence-electron chi connectivity index (χ3n) is 6.01. The third kappa shape index (κ3) is 3.58. The lowest BCUT2D eigenvalue weighted by molar-refractivity contribution is -0.141. The molecule has 2 atom stereocenters. The molecule has 0 spiro atoms. The molecular weight excluding hydrogens is 389 g/mol. The van der Waals surface area contributed by atoms with Crippen LogP contribution in [0.25, 0.3) is 11.1 Å². The summed E-state index contributed by atoms with van der Waals surface area (Å²) in [6, 6.07) is 15.1. The number of ether oxygens (including phenoxy) is 1. The Kier molecular flexibility index (Phi) is 4.99. The van der Waals surface area contributed by atoms with Gasteiger partial charge in [0.1, 0.15) is 12.6 Å². The first-order chi connectivity index (χ1) is 13.8. The Morgan fingerprint density at radius 1 is 1.07 bits per heavy atom. The number of carbonyl (C=O) groups is 2. The van der Waals surface area contributed by atoms with Gasteiger partial charge in [-0.05, 0) is 42.0 Å². The molecule has 1 amide bonds. The summed E-state index contributed by atoms with van der Waals surface area (Å²) in [5.41, 5.74) is 4.15. The Hall–Kier alpha value is -2.59. The molecule has 4 rings (SSSR count). The van der Waals surface area contributed by atoms with Gasteiger partial charge >= 0.3 is 12.1 Å². The van der Waals surface area contributed by atoms with Crippen molar-refractivity contribution in [3.63, 3.8) is 0 Å². The fraction of sp³-hybridized carbons (Fsp3) is 0.364. The third-order valence-corrected chi connectivity index (χ3v) is 8.15. The minimum atomic E-state index is -2.51. The Bertz CT molecular complexity index is 968. The van der Waals surface area contributed by atoms with Crippen LogP contribution in [-0.4, -0.2) is 60.3 Å². The molecule has 2 aromatic rings. The van der Waals surface area contributed by atoms with Gasteiger partial charge in [-0.15, -0.1) is 0 Å². The SMILES string of the molecule is CP(C)(=O)[C@@H]1C[C@H](C(=O)O)N(C(=O)OCC2c3ccccc3-c3ccccc32)C1. The summed E-state index contributed by atoms with van der Waals surface area (Å²) in [6.45, 7) is 3.56. The number of benzene rings is 2. The predicted molar refractivity (Wildman–Crippen MR) is 111 cm³/mol. The molecule has 29 heavy (non-hydrogen) atoms. The van der Waals surface area contributed by atoms with Gasteiger partial charge in [-0.25, -0.2) is 9.59 Å². The lowest BCUT2D eigenvalue weighted by Crippen LogP contribution is -2.41. The number of fused-ring (bicyclic) bond motifs is 3. The van der Waals surface area contributed by atoms with E-state index >= 15 is 0 Å². The fourth-order valence-corrected chi connectivity index (χ4v) is 5.65. The summed E-state index contributed by atoms with van der Waals surface area (Å²) >= 11 is 0. The van der Waals surface area contributed by atoms with Crippen LogP contribution in [0.1, 0.15) is 23.5 Å². The molecule has 1 N–H and O–H groups in total. The van der Waals surface area contributed by atoms with E-state index in [0.717, 1.165) is 22.3 Å². The number of carboxylic acid groups (broad SMARTS) is 1. The quantitative estimate of drug-likeness (QED) is 0.764. The molecule has 0 aromatic heterocycles. The van der Waals surface area contributed by atoms with Crippen LogP contribution in [0.2, 0.25) is 0 Å². The zero-order valence-corrected chi connectivity index (χ0v) is 17.3. The Labute approximate surface area is 169 Å². The number of carbonyl (C=O) groups excluding carboxylic acids is 1. The Morgan fingerprint density at radius 2 is 1.62 bits per heavy atom. The van der Waals surface area contributed by atoms with Crippen molar-refractivity contribution in [1.29, 1.82) is 0 Å². The minimum Gasteiger partial charge on any atom is -0.480 e. The maximum absolute atomic E-state index is 12.8. The van der Waals surface area contributed by atoms with Crippen LogP contribution in [0.5, 0.6) is 0 Å². The zero-order chi connectivity index (χ0) is 20.8. The maximum Gasteiger partial charge on any atom is 0.410 e. The van der Waals surface area contributed by atoms with Crippen molar-refractivity contribution in [1.82, 2.24) is 4.90 Å². The van der Waals surface area contributed by atoms with E-state index in [9.17, 15) is 19.3 Å². The van der Waals surface area contributed by atoms with Gasteiger partial charge in [-0.1, -0.05) is 48.5 Å². The molecule has 0 radical (unpaired) electrons. The molecule has 1 heterocycles. The molecule has 0 saturated carbocycles. The van der Waals surface area contributed by atoms with Crippen LogP contribution in [0, 0.1) is 0 Å². The molecule has 6 nitrogen and oxygen atoms in total. The molecule has 1 fully saturated rings. The van der Waals surface area contributed by atoms with Gasteiger partial charge in [-0.3, -0.25) is 4.90 Å². The molecule has 7 heteroatoms. The van der Waals surface area contributed by atoms with Crippen molar-refractivity contribution < 1.29 is 24.0 Å². The number of carboxylic acids is 1. The summed E-state index contributed by atoms with van der Waals surface area (Å²) in [6.07, 6.45) is -0.459. The molecule has 0 unspecified atom stereocenters. The molecule has 2 aromatic carbocycles. The number of aliphatic carboxylic acids is 1. The average molecular weight is 413 g/mol. The molecule has 1 aliphatic heterocycles. The van der Waals surface area contributed by atoms with Crippen LogP contribution in [0.4, 0.5) is 4.79 Å². The van der Waals surface area contributed by atoms with E-state index in [4.69, 9.17) is 4.74 Å². The number of likely N-dealkylation sites (tertiary alicyclic amines) is 1. The van der Waals surface area contributed by atoms with Gasteiger partial charge in [0.15, 0.2) is 0 Å². The van der Waals surface area contributed by atoms with Gasteiger partial charge in [-0.2, -0.15) is 0 Å². The first kappa shape index (κ1) is 19.7. The topological polar surface area (TPSA) is 83.9 Å². The number of rotatable bonds is 4. The summed E-state index contributed by atoms with van der Waals surface area (Å²) in [4.78, 5) is 25.6. The first-order valence-electron chi connectivity index (χ1n) is 9.66. The van der Waals surface area contributed by atoms with E-state index in [1.165, 1.54) is 4.90 Å². The van der Waals surface area contributed by atoms with E-state index in [-0.39, 0.29) is 31.1 Å². The van der Waals surface area contributed by atoms with Gasteiger partial charge in [0, 0.05) is 18.1 Å². The largest absolute Gasteiger partial charge is 0.480 e. The Morgan fingerprint density at radius 3 is 2.14 bits per heavy atom. The highest BCUT2D eigenvalue weighted by molar-refractivity contribution is 7.63. The summed E-state index contributed by atoms with van der Waals surface area (Å²) in [5.74, 6) is -1.18. The lowest BCUT2D eigenvalue weighted by Gasteiger charge is -2.23. The smallest absolute Gasteiger partial charge is 0.410 e. The van der Waals surface area contributed by atoms with Gasteiger partial charge < -0.3 is 14.4 Å². The number of hydrogen-bond donors (Lipinski definition) is 1. The average Bonchev–Trinajstić information content (AvgIpc) is 3.27. The number of amides is 1. The van der Waals surface area contributed by atoms with Crippen LogP contribution in [0.15, 0.2) is 48.5 Å². The van der Waals surface area contributed by atoms with Crippen molar-refractivity contribution in [3.05, 3.63) is 59.7 Å². The molecule has 1 saturated heterocycles. The number of nitrogens with zero attached hydrogens (tertiary/aromatic N) is 1. The fourth-order valence-electron chi connectivity index (χ4n) is 4.38. The highest BCUT2D eigenvalue weighted by Crippen LogP contribution is 2.48. The van der Waals surface area contributed by atoms with Crippen molar-refractivity contribution in [2.75, 3.05) is 26.5 Å². The highest BCUT2D eigenvalue weighted by Gasteiger charge is 2.44. The summed E-state index contributed by atoms with van der Waals surface area (Å²) < 4.78 is 18.0. The first-order valence-corrected chi connectivity index (χ1v) is 12.3. The van der Waals surface area contributed by atoms with E-state index < -0.39 is 25.2 Å². The second-order valence-electron chi connectivity index (χ2n) is 8.13. The Balaban J connectivity index is 1.53. The van der Waals surface area contributed by atoms with Crippen LogP contribution >= 0.6 is 7.14 Å². The van der Waals surface area contributed by atoms with E-state index in [2.05, 4.69) is 12.1 Å². The molecular formula is C22H24NO5P. The zero-order valence-electron chi connectivity index (χ0n) is 16.4. The van der Waals surface area contributed by atoms with E-state index in [1.807, 2.05) is 36.4 Å². The van der Waals surface area contributed by atoms with Crippen molar-refractivity contribution in [2.24, 2.45) is 0 Å². The monoisotopic (exact) mass is 413 g/mol. The number of hydrogen-bond acceptors (Lipinski definition) is 4. The van der Waals surface area contributed by atoms with Gasteiger partial charge in [0.25, 0.3) is 0 Å². The molecule has 2 aliphatic rings. The van der Waals surface area contributed by atoms with Crippen LogP contribution in [-0.2, 0) is 14.1 Å². The summed E-state index contributed by atoms with van der Waals surface area (Å²) in [7, 11) is -2.51. The minimum absolute atomic E-state index is 0.0866. The normalized spacial score (nSPS) is 21.0. The molecule has 152 valence electrons. The van der Waals surface area contributed by atoms with Gasteiger partial charge in [0.2, 0.25) is 0 Å². The lowest BCUT2D eigenvalue weighted by atomic mass is 9.98.